The molecule has 8 nitrogen and oxygen atoms in total. The van der Waals surface area contributed by atoms with E-state index in [-0.39, 0.29) is 0 Å². The predicted octanol–water partition coefficient (Wildman–Crippen LogP) is 5.15. The third kappa shape index (κ3) is 3.10. The highest BCUT2D eigenvalue weighted by molar-refractivity contribution is 5.72. The monoisotopic (exact) mass is 422 g/mol. The van der Waals surface area contributed by atoms with Gasteiger partial charge in [-0.15, -0.1) is 0 Å². The number of H-pyrrole nitrogens is 6. The first-order valence-electron chi connectivity index (χ1n) is 10.3. The Morgan fingerprint density at radius 3 is 0.656 bits per heavy atom. The zero-order chi connectivity index (χ0) is 21.7. The number of aromatic amines is 6. The first-order valence-corrected chi connectivity index (χ1v) is 10.3. The van der Waals surface area contributed by atoms with Gasteiger partial charge in [-0.05, 0) is 72.8 Å². The molecule has 0 aliphatic rings. The Bertz CT molecular complexity index is 1400. The summed E-state index contributed by atoms with van der Waals surface area (Å²) in [6, 6.07) is 24.1. The van der Waals surface area contributed by atoms with Gasteiger partial charge < -0.3 is 41.4 Å². The van der Waals surface area contributed by atoms with Crippen LogP contribution in [0, 0.1) is 0 Å². The minimum atomic E-state index is 0.645. The highest BCUT2D eigenvalue weighted by atomic mass is 14.9. The lowest BCUT2D eigenvalue weighted by molar-refractivity contribution is 1.27. The van der Waals surface area contributed by atoms with Gasteiger partial charge in [0.05, 0.1) is 56.9 Å². The van der Waals surface area contributed by atoms with E-state index in [2.05, 4.69) is 66.3 Å². The van der Waals surface area contributed by atoms with Gasteiger partial charge in [0.25, 0.3) is 0 Å². The quantitative estimate of drug-likeness (QED) is 0.194. The summed E-state index contributed by atoms with van der Waals surface area (Å²) in [6.45, 7) is 0. The zero-order valence-electron chi connectivity index (χ0n) is 17.1. The average molecular weight is 422 g/mol. The standard InChI is InChI=1S/C24H22N8/c25-23-11-9-21(31-23)19-7-5-17(29-19)15-3-1-13(27-15)14-2-4-16(28-14)18-6-8-20(30-18)22-10-12-24(26)32-22/h1-12,27-32H,25-26H2. The van der Waals surface area contributed by atoms with E-state index in [4.69, 9.17) is 11.5 Å². The summed E-state index contributed by atoms with van der Waals surface area (Å²) in [7, 11) is 0. The molecule has 0 radical (unpaired) electrons. The van der Waals surface area contributed by atoms with Gasteiger partial charge in [-0.3, -0.25) is 0 Å². The summed E-state index contributed by atoms with van der Waals surface area (Å²) in [5.41, 5.74) is 21.5. The van der Waals surface area contributed by atoms with Crippen molar-refractivity contribution in [3.8, 4) is 56.9 Å². The molecule has 0 atom stereocenters. The summed E-state index contributed by atoms with van der Waals surface area (Å²) >= 11 is 0. The van der Waals surface area contributed by atoms with Crippen molar-refractivity contribution in [3.05, 3.63) is 72.8 Å². The van der Waals surface area contributed by atoms with Gasteiger partial charge in [-0.2, -0.15) is 0 Å². The van der Waals surface area contributed by atoms with Crippen LogP contribution in [0.3, 0.4) is 0 Å². The van der Waals surface area contributed by atoms with Crippen molar-refractivity contribution in [2.75, 3.05) is 11.5 Å². The molecule has 8 heteroatoms. The Labute approximate surface area is 183 Å². The SMILES string of the molecule is Nc1ccc(-c2ccc(-c3ccc(-c4ccc(-c5ccc(-c6ccc(N)[nH]6)[nH]5)[nH]4)[nH]3)[nH]2)[nH]1. The molecule has 6 heterocycles. The minimum Gasteiger partial charge on any atom is -0.385 e. The van der Waals surface area contributed by atoms with Crippen molar-refractivity contribution < 1.29 is 0 Å². The van der Waals surface area contributed by atoms with Gasteiger partial charge in [0.1, 0.15) is 11.6 Å². The number of nitrogen functional groups attached to an aromatic ring is 2. The summed E-state index contributed by atoms with van der Waals surface area (Å²) in [6.07, 6.45) is 0. The summed E-state index contributed by atoms with van der Waals surface area (Å²) in [4.78, 5) is 20.1. The second kappa shape index (κ2) is 6.92. The van der Waals surface area contributed by atoms with E-state index in [1.54, 1.807) is 0 Å². The number of hydrogen-bond acceptors (Lipinski definition) is 2. The van der Waals surface area contributed by atoms with Crippen molar-refractivity contribution in [1.29, 1.82) is 0 Å². The fourth-order valence-corrected chi connectivity index (χ4v) is 3.98. The van der Waals surface area contributed by atoms with Crippen LogP contribution in [0.15, 0.2) is 72.8 Å². The van der Waals surface area contributed by atoms with Crippen molar-refractivity contribution in [2.45, 2.75) is 0 Å². The fraction of sp³-hybridized carbons (Fsp3) is 0. The van der Waals surface area contributed by atoms with Crippen LogP contribution in [0.4, 0.5) is 11.6 Å². The van der Waals surface area contributed by atoms with E-state index >= 15 is 0 Å². The number of hydrogen-bond donors (Lipinski definition) is 8. The maximum atomic E-state index is 5.79. The van der Waals surface area contributed by atoms with E-state index in [1.807, 2.05) is 36.4 Å². The van der Waals surface area contributed by atoms with Crippen LogP contribution in [0.1, 0.15) is 0 Å². The molecule has 158 valence electrons. The van der Waals surface area contributed by atoms with Crippen LogP contribution >= 0.6 is 0 Å². The Morgan fingerprint density at radius 1 is 0.281 bits per heavy atom. The number of aromatic nitrogens is 6. The van der Waals surface area contributed by atoms with Crippen molar-refractivity contribution in [3.63, 3.8) is 0 Å². The van der Waals surface area contributed by atoms with Gasteiger partial charge in [-0.1, -0.05) is 0 Å². The minimum absolute atomic E-state index is 0.645. The van der Waals surface area contributed by atoms with E-state index < -0.39 is 0 Å². The highest BCUT2D eigenvalue weighted by Gasteiger charge is 2.11. The van der Waals surface area contributed by atoms with Gasteiger partial charge in [-0.25, -0.2) is 0 Å². The maximum Gasteiger partial charge on any atom is 0.101 e. The lowest BCUT2D eigenvalue weighted by atomic mass is 10.3. The van der Waals surface area contributed by atoms with Crippen LogP contribution in [-0.4, -0.2) is 29.9 Å². The predicted molar refractivity (Wildman–Crippen MR) is 129 cm³/mol. The molecule has 0 saturated carbocycles. The molecule has 6 aromatic heterocycles. The van der Waals surface area contributed by atoms with Gasteiger partial charge >= 0.3 is 0 Å². The van der Waals surface area contributed by atoms with Crippen molar-refractivity contribution in [2.24, 2.45) is 0 Å². The van der Waals surface area contributed by atoms with Gasteiger partial charge in [0, 0.05) is 0 Å². The molecule has 0 aromatic carbocycles. The Morgan fingerprint density at radius 2 is 0.469 bits per heavy atom. The summed E-state index contributed by atoms with van der Waals surface area (Å²) in [5, 5.41) is 0. The molecule has 10 N–H and O–H groups in total. The maximum absolute atomic E-state index is 5.79. The first kappa shape index (κ1) is 18.1. The van der Waals surface area contributed by atoms with Gasteiger partial charge in [0.15, 0.2) is 0 Å². The van der Waals surface area contributed by atoms with Crippen LogP contribution in [0.5, 0.6) is 0 Å². The summed E-state index contributed by atoms with van der Waals surface area (Å²) in [5.74, 6) is 1.29. The largest absolute Gasteiger partial charge is 0.385 e. The average Bonchev–Trinajstić information content (AvgIpc) is 3.61. The highest BCUT2D eigenvalue weighted by Crippen LogP contribution is 2.29. The number of nitrogens with one attached hydrogen (secondary N) is 6. The molecule has 6 rings (SSSR count). The summed E-state index contributed by atoms with van der Waals surface area (Å²) < 4.78 is 0. The third-order valence-electron chi connectivity index (χ3n) is 5.61. The molecule has 6 aromatic rings. The van der Waals surface area contributed by atoms with Crippen molar-refractivity contribution >= 4 is 11.6 Å². The van der Waals surface area contributed by atoms with Gasteiger partial charge in [0.2, 0.25) is 0 Å². The topological polar surface area (TPSA) is 147 Å². The van der Waals surface area contributed by atoms with E-state index in [0.717, 1.165) is 56.9 Å². The molecule has 0 saturated heterocycles. The van der Waals surface area contributed by atoms with E-state index in [1.165, 1.54) is 0 Å². The Kier molecular flexibility index (Phi) is 3.91. The van der Waals surface area contributed by atoms with E-state index in [9.17, 15) is 0 Å². The molecule has 0 aliphatic carbocycles. The van der Waals surface area contributed by atoms with Crippen molar-refractivity contribution in [1.82, 2.24) is 29.9 Å². The van der Waals surface area contributed by atoms with Crippen LogP contribution in [0.25, 0.3) is 56.9 Å². The molecular formula is C24H22N8. The molecule has 0 spiro atoms. The number of rotatable bonds is 5. The second-order valence-corrected chi connectivity index (χ2v) is 7.80. The molecule has 0 unspecified atom stereocenters. The Hall–Kier alpha value is -4.72. The molecular weight excluding hydrogens is 400 g/mol. The lowest BCUT2D eigenvalue weighted by Gasteiger charge is -1.98. The molecule has 0 aliphatic heterocycles. The van der Waals surface area contributed by atoms with E-state index in [0.29, 0.717) is 11.6 Å². The molecule has 32 heavy (non-hydrogen) atoms. The molecule has 0 bridgehead atoms. The second-order valence-electron chi connectivity index (χ2n) is 7.80. The third-order valence-corrected chi connectivity index (χ3v) is 5.61. The lowest BCUT2D eigenvalue weighted by Crippen LogP contribution is -1.85. The van der Waals surface area contributed by atoms with Crippen LogP contribution in [0.2, 0.25) is 0 Å². The van der Waals surface area contributed by atoms with Crippen LogP contribution < -0.4 is 11.5 Å². The van der Waals surface area contributed by atoms with Crippen LogP contribution in [-0.2, 0) is 0 Å². The number of nitrogens with two attached hydrogens (primary N) is 2. The smallest absolute Gasteiger partial charge is 0.101 e. The Balaban J connectivity index is 1.24. The molecule has 0 amide bonds. The molecule has 0 fully saturated rings. The fourth-order valence-electron chi connectivity index (χ4n) is 3.98. The normalized spacial score (nSPS) is 11.4. The first-order chi connectivity index (χ1) is 15.6. The zero-order valence-corrected chi connectivity index (χ0v) is 17.1. The number of anilines is 2.